The second-order valence-electron chi connectivity index (χ2n) is 7.20. The molecule has 29 heavy (non-hydrogen) atoms. The summed E-state index contributed by atoms with van der Waals surface area (Å²) < 4.78 is 7.27. The monoisotopic (exact) mass is 492 g/mol. The van der Waals surface area contributed by atoms with E-state index >= 15 is 0 Å². The van der Waals surface area contributed by atoms with Gasteiger partial charge in [0.05, 0.1) is 4.88 Å². The van der Waals surface area contributed by atoms with Gasteiger partial charge in [0, 0.05) is 9.17 Å². The van der Waals surface area contributed by atoms with E-state index < -0.39 is 0 Å². The first kappa shape index (κ1) is 24.5. The Balaban J connectivity index is 0.000000255. The van der Waals surface area contributed by atoms with Gasteiger partial charge >= 0.3 is 51.4 Å². The maximum Gasteiger partial charge on any atom is 1.00 e. The molecule has 1 N–H and O–H groups in total. The number of nitrogens with one attached hydrogen (secondary N) is 1. The Hall–Kier alpha value is -0.734. The molecule has 144 valence electrons. The van der Waals surface area contributed by atoms with Gasteiger partial charge in [0.2, 0.25) is 0 Å². The van der Waals surface area contributed by atoms with E-state index in [-0.39, 0.29) is 62.7 Å². The topological polar surface area (TPSA) is 42.2 Å². The molecule has 0 aliphatic rings. The normalized spacial score (nSPS) is 10.6. The molecular formula is C23H20BrKNO2S-. The molecule has 0 radical (unpaired) electrons. The third kappa shape index (κ3) is 7.17. The van der Waals surface area contributed by atoms with Gasteiger partial charge in [-0.1, -0.05) is 42.4 Å². The number of rotatable bonds is 2. The number of furan rings is 1. The van der Waals surface area contributed by atoms with Gasteiger partial charge in [-0.25, -0.2) is 6.07 Å². The van der Waals surface area contributed by atoms with E-state index in [4.69, 9.17) is 4.42 Å². The third-order valence-electron chi connectivity index (χ3n) is 3.89. The number of fused-ring (bicyclic) bond motifs is 1. The number of benzene rings is 2. The molecule has 0 aliphatic carbocycles. The maximum atomic E-state index is 12.1. The van der Waals surface area contributed by atoms with E-state index in [9.17, 15) is 4.79 Å². The van der Waals surface area contributed by atoms with Crippen molar-refractivity contribution in [2.75, 3.05) is 5.32 Å². The van der Waals surface area contributed by atoms with Crippen molar-refractivity contribution in [2.24, 2.45) is 0 Å². The minimum atomic E-state index is -0.0801. The van der Waals surface area contributed by atoms with Crippen molar-refractivity contribution in [3.63, 3.8) is 0 Å². The maximum absolute atomic E-state index is 12.1. The van der Waals surface area contributed by atoms with Crippen LogP contribution < -0.4 is 56.7 Å². The number of hydrogen-bond donors (Lipinski definition) is 1. The molecule has 0 spiro atoms. The SMILES string of the molecule is CC(C)(C)c1c[c-]co1.O=C(Nc1cc[c-]cc1)c1cc2cc(Br)ccc2s1.[K+]. The summed E-state index contributed by atoms with van der Waals surface area (Å²) in [5, 5.41) is 3.95. The molecule has 0 fully saturated rings. The van der Waals surface area contributed by atoms with E-state index in [1.54, 1.807) is 18.4 Å². The van der Waals surface area contributed by atoms with Gasteiger partial charge in [0.25, 0.3) is 5.91 Å². The number of anilines is 1. The fraction of sp³-hybridized carbons (Fsp3) is 0.174. The number of hydrogen-bond acceptors (Lipinski definition) is 3. The van der Waals surface area contributed by atoms with Crippen LogP contribution in [0.4, 0.5) is 5.69 Å². The van der Waals surface area contributed by atoms with Crippen molar-refractivity contribution in [2.45, 2.75) is 26.2 Å². The second kappa shape index (κ2) is 11.0. The first-order chi connectivity index (χ1) is 13.3. The molecular weight excluding hydrogens is 473 g/mol. The Morgan fingerprint density at radius 2 is 1.83 bits per heavy atom. The summed E-state index contributed by atoms with van der Waals surface area (Å²) in [6, 6.07) is 22.8. The smallest absolute Gasteiger partial charge is 0.573 e. The summed E-state index contributed by atoms with van der Waals surface area (Å²) in [5.41, 5.74) is 0.905. The van der Waals surface area contributed by atoms with Crippen LogP contribution in [0.15, 0.2) is 69.8 Å². The summed E-state index contributed by atoms with van der Waals surface area (Å²) in [6.45, 7) is 6.33. The molecule has 6 heteroatoms. The Morgan fingerprint density at radius 3 is 2.41 bits per heavy atom. The average molecular weight is 493 g/mol. The summed E-state index contributed by atoms with van der Waals surface area (Å²) in [4.78, 5) is 12.9. The zero-order chi connectivity index (χ0) is 20.1. The van der Waals surface area contributed by atoms with Crippen LogP contribution in [0.5, 0.6) is 0 Å². The summed E-state index contributed by atoms with van der Waals surface area (Å²) >= 11 is 4.93. The predicted molar refractivity (Wildman–Crippen MR) is 119 cm³/mol. The van der Waals surface area contributed by atoms with E-state index in [2.05, 4.69) is 54.2 Å². The predicted octanol–water partition coefficient (Wildman–Crippen LogP) is 4.10. The molecule has 4 aromatic rings. The second-order valence-corrected chi connectivity index (χ2v) is 9.20. The van der Waals surface area contributed by atoms with Gasteiger partial charge in [-0.15, -0.1) is 23.5 Å². The molecule has 0 saturated carbocycles. The Bertz CT molecular complexity index is 1050. The van der Waals surface area contributed by atoms with E-state index in [1.165, 1.54) is 11.3 Å². The van der Waals surface area contributed by atoms with Gasteiger partial charge in [0.15, 0.2) is 0 Å². The van der Waals surface area contributed by atoms with Crippen LogP contribution in [0, 0.1) is 12.1 Å². The van der Waals surface area contributed by atoms with Crippen molar-refractivity contribution in [1.82, 2.24) is 0 Å². The average Bonchev–Trinajstić information content (AvgIpc) is 3.32. The molecule has 0 aliphatic heterocycles. The van der Waals surface area contributed by atoms with Crippen LogP contribution in [0.25, 0.3) is 10.1 Å². The van der Waals surface area contributed by atoms with Crippen molar-refractivity contribution in [1.29, 1.82) is 0 Å². The van der Waals surface area contributed by atoms with E-state index in [0.717, 1.165) is 26.0 Å². The van der Waals surface area contributed by atoms with E-state index in [1.807, 2.05) is 42.5 Å². The molecule has 0 bridgehead atoms. The van der Waals surface area contributed by atoms with Crippen molar-refractivity contribution < 1.29 is 60.6 Å². The molecule has 2 aromatic carbocycles. The van der Waals surface area contributed by atoms with Crippen LogP contribution in [0.2, 0.25) is 0 Å². The summed E-state index contributed by atoms with van der Waals surface area (Å²) in [6.07, 6.45) is 1.58. The van der Waals surface area contributed by atoms with Crippen LogP contribution in [-0.4, -0.2) is 5.91 Å². The van der Waals surface area contributed by atoms with Gasteiger partial charge in [-0.2, -0.15) is 24.3 Å². The Morgan fingerprint density at radius 1 is 1.10 bits per heavy atom. The molecule has 4 rings (SSSR count). The van der Waals surface area contributed by atoms with E-state index in [0.29, 0.717) is 4.88 Å². The molecule has 0 saturated heterocycles. The van der Waals surface area contributed by atoms with Crippen LogP contribution >= 0.6 is 27.3 Å². The van der Waals surface area contributed by atoms with Gasteiger partial charge in [-0.05, 0) is 47.1 Å². The molecule has 3 nitrogen and oxygen atoms in total. The zero-order valence-corrected chi connectivity index (χ0v) is 22.4. The zero-order valence-electron chi connectivity index (χ0n) is 16.9. The van der Waals surface area contributed by atoms with Crippen LogP contribution in [0.3, 0.4) is 0 Å². The van der Waals surface area contributed by atoms with Gasteiger partial charge in [-0.3, -0.25) is 4.79 Å². The first-order valence-electron chi connectivity index (χ1n) is 8.74. The number of thiophene rings is 1. The largest absolute Gasteiger partial charge is 1.00 e. The quantitative estimate of drug-likeness (QED) is 0.338. The van der Waals surface area contributed by atoms with Gasteiger partial charge < -0.3 is 9.73 Å². The Labute approximate surface area is 226 Å². The summed E-state index contributed by atoms with van der Waals surface area (Å²) in [7, 11) is 0. The Kier molecular flexibility index (Phi) is 9.35. The first-order valence-corrected chi connectivity index (χ1v) is 10.4. The number of carbonyl (C=O) groups is 1. The molecule has 0 unspecified atom stereocenters. The molecule has 0 atom stereocenters. The molecule has 1 amide bonds. The molecule has 2 aromatic heterocycles. The fourth-order valence-electron chi connectivity index (χ4n) is 2.42. The standard InChI is InChI=1S/C15H9BrNOS.C8H11O.K/c16-11-6-7-13-10(8-11)9-14(19-13)15(18)17-12-4-2-1-3-5-12;1-8(2,3)7-5-4-6-9-7;/h2-9H,(H,17,18);5-6H,1-3H3;/q2*-1;+1. The number of halogens is 1. The summed E-state index contributed by atoms with van der Waals surface area (Å²) in [5.74, 6) is 0.908. The number of amides is 1. The van der Waals surface area contributed by atoms with Crippen molar-refractivity contribution >= 4 is 48.9 Å². The van der Waals surface area contributed by atoms with Gasteiger partial charge in [0.1, 0.15) is 0 Å². The molecule has 2 heterocycles. The fourth-order valence-corrected chi connectivity index (χ4v) is 3.74. The third-order valence-corrected chi connectivity index (χ3v) is 5.49. The van der Waals surface area contributed by atoms with Crippen molar-refractivity contribution in [3.05, 3.63) is 88.1 Å². The number of carbonyl (C=O) groups excluding carboxylic acids is 1. The minimum Gasteiger partial charge on any atom is -0.573 e. The van der Waals surface area contributed by atoms with Crippen LogP contribution in [-0.2, 0) is 5.41 Å². The van der Waals surface area contributed by atoms with Crippen LogP contribution in [0.1, 0.15) is 36.2 Å². The minimum absolute atomic E-state index is 0. The van der Waals surface area contributed by atoms with Crippen molar-refractivity contribution in [3.8, 4) is 0 Å².